The molecule has 7 heteroatoms. The second kappa shape index (κ2) is 6.44. The highest BCUT2D eigenvalue weighted by atomic mass is 35.5. The Morgan fingerprint density at radius 3 is 2.45 bits per heavy atom. The molecular weight excluding hydrogens is 302 g/mol. The van der Waals surface area contributed by atoms with E-state index < -0.39 is 0 Å². The number of aryl methyl sites for hydroxylation is 2. The molecule has 3 rings (SSSR count). The first-order chi connectivity index (χ1) is 10.6. The SMILES string of the molecule is Cc1cc(N2CCC(Oc3ncc(Cl)cn3)CC2)nc(C)n1. The Balaban J connectivity index is 1.59. The zero-order chi connectivity index (χ0) is 15.5. The van der Waals surface area contributed by atoms with Crippen LogP contribution in [0.15, 0.2) is 18.5 Å². The molecule has 3 heterocycles. The van der Waals surface area contributed by atoms with E-state index >= 15 is 0 Å². The fraction of sp³-hybridized carbons (Fsp3) is 0.467. The summed E-state index contributed by atoms with van der Waals surface area (Å²) in [7, 11) is 0. The third-order valence-corrected chi connectivity index (χ3v) is 3.78. The maximum Gasteiger partial charge on any atom is 0.316 e. The first-order valence-corrected chi connectivity index (χ1v) is 7.69. The molecule has 2 aromatic rings. The molecule has 1 saturated heterocycles. The van der Waals surface area contributed by atoms with Crippen molar-refractivity contribution in [3.8, 4) is 6.01 Å². The third-order valence-electron chi connectivity index (χ3n) is 3.59. The Kier molecular flexibility index (Phi) is 4.38. The fourth-order valence-electron chi connectivity index (χ4n) is 2.57. The van der Waals surface area contributed by atoms with E-state index in [1.54, 1.807) is 12.4 Å². The highest BCUT2D eigenvalue weighted by Gasteiger charge is 2.22. The number of aromatic nitrogens is 4. The van der Waals surface area contributed by atoms with E-state index in [0.717, 1.165) is 43.3 Å². The zero-order valence-corrected chi connectivity index (χ0v) is 13.4. The zero-order valence-electron chi connectivity index (χ0n) is 12.7. The van der Waals surface area contributed by atoms with Crippen molar-refractivity contribution in [2.24, 2.45) is 0 Å². The van der Waals surface area contributed by atoms with Crippen molar-refractivity contribution in [3.63, 3.8) is 0 Å². The van der Waals surface area contributed by atoms with Gasteiger partial charge in [-0.2, -0.15) is 0 Å². The molecular formula is C15H18ClN5O. The predicted molar refractivity (Wildman–Crippen MR) is 84.4 cm³/mol. The maximum absolute atomic E-state index is 5.80. The minimum atomic E-state index is 0.126. The van der Waals surface area contributed by atoms with Gasteiger partial charge < -0.3 is 9.64 Å². The highest BCUT2D eigenvalue weighted by molar-refractivity contribution is 6.30. The molecule has 1 aliphatic rings. The second-order valence-corrected chi connectivity index (χ2v) is 5.84. The molecule has 0 aromatic carbocycles. The minimum Gasteiger partial charge on any atom is -0.460 e. The molecule has 0 saturated carbocycles. The summed E-state index contributed by atoms with van der Waals surface area (Å²) in [6, 6.07) is 2.41. The Bertz CT molecular complexity index is 621. The molecule has 1 aliphatic heterocycles. The van der Waals surface area contributed by atoms with Gasteiger partial charge in [0, 0.05) is 37.7 Å². The van der Waals surface area contributed by atoms with Gasteiger partial charge in [0.05, 0.1) is 17.4 Å². The van der Waals surface area contributed by atoms with Crippen LogP contribution in [-0.4, -0.2) is 39.1 Å². The number of piperidine rings is 1. The van der Waals surface area contributed by atoms with Gasteiger partial charge in [-0.3, -0.25) is 0 Å². The molecule has 0 spiro atoms. The van der Waals surface area contributed by atoms with Crippen LogP contribution in [0.2, 0.25) is 5.02 Å². The van der Waals surface area contributed by atoms with Gasteiger partial charge in [0.25, 0.3) is 0 Å². The van der Waals surface area contributed by atoms with Crippen molar-refractivity contribution < 1.29 is 4.74 Å². The van der Waals surface area contributed by atoms with Crippen molar-refractivity contribution in [3.05, 3.63) is 35.0 Å². The van der Waals surface area contributed by atoms with E-state index in [0.29, 0.717) is 11.0 Å². The van der Waals surface area contributed by atoms with Gasteiger partial charge in [0.15, 0.2) is 0 Å². The average molecular weight is 320 g/mol. The summed E-state index contributed by atoms with van der Waals surface area (Å²) in [6.45, 7) is 5.71. The Labute approximate surface area is 134 Å². The largest absolute Gasteiger partial charge is 0.460 e. The average Bonchev–Trinajstić information content (AvgIpc) is 2.49. The molecule has 0 amide bonds. The number of hydrogen-bond acceptors (Lipinski definition) is 6. The third kappa shape index (κ3) is 3.62. The van der Waals surface area contributed by atoms with E-state index in [4.69, 9.17) is 16.3 Å². The van der Waals surface area contributed by atoms with Gasteiger partial charge in [-0.15, -0.1) is 0 Å². The van der Waals surface area contributed by atoms with E-state index in [1.807, 2.05) is 19.9 Å². The number of halogens is 1. The maximum atomic E-state index is 5.80. The molecule has 0 radical (unpaired) electrons. The Morgan fingerprint density at radius 2 is 1.82 bits per heavy atom. The van der Waals surface area contributed by atoms with Crippen LogP contribution in [0.1, 0.15) is 24.4 Å². The van der Waals surface area contributed by atoms with E-state index in [-0.39, 0.29) is 6.10 Å². The van der Waals surface area contributed by atoms with Crippen molar-refractivity contribution in [2.45, 2.75) is 32.8 Å². The quantitative estimate of drug-likeness (QED) is 0.866. The molecule has 0 bridgehead atoms. The number of anilines is 1. The second-order valence-electron chi connectivity index (χ2n) is 5.40. The summed E-state index contributed by atoms with van der Waals surface area (Å²) >= 11 is 5.77. The molecule has 2 aromatic heterocycles. The lowest BCUT2D eigenvalue weighted by Gasteiger charge is -2.32. The van der Waals surface area contributed by atoms with E-state index in [9.17, 15) is 0 Å². The number of hydrogen-bond donors (Lipinski definition) is 0. The normalized spacial score (nSPS) is 15.9. The van der Waals surface area contributed by atoms with Crippen LogP contribution in [0.5, 0.6) is 6.01 Å². The number of nitrogens with zero attached hydrogens (tertiary/aromatic N) is 5. The monoisotopic (exact) mass is 319 g/mol. The summed E-state index contributed by atoms with van der Waals surface area (Å²) in [6.07, 6.45) is 5.04. The first-order valence-electron chi connectivity index (χ1n) is 7.31. The van der Waals surface area contributed by atoms with Crippen molar-refractivity contribution in [1.29, 1.82) is 0 Å². The molecule has 116 valence electrons. The van der Waals surface area contributed by atoms with Crippen LogP contribution >= 0.6 is 11.6 Å². The lowest BCUT2D eigenvalue weighted by molar-refractivity contribution is 0.156. The molecule has 6 nitrogen and oxygen atoms in total. The van der Waals surface area contributed by atoms with Crippen LogP contribution in [-0.2, 0) is 0 Å². The van der Waals surface area contributed by atoms with Crippen LogP contribution < -0.4 is 9.64 Å². The lowest BCUT2D eigenvalue weighted by atomic mass is 10.1. The van der Waals surface area contributed by atoms with Gasteiger partial charge in [0.1, 0.15) is 17.7 Å². The molecule has 0 N–H and O–H groups in total. The van der Waals surface area contributed by atoms with Crippen LogP contribution in [0.3, 0.4) is 0 Å². The molecule has 0 aliphatic carbocycles. The lowest BCUT2D eigenvalue weighted by Crippen LogP contribution is -2.39. The molecule has 0 atom stereocenters. The summed E-state index contributed by atoms with van der Waals surface area (Å²) in [5.41, 5.74) is 0.996. The van der Waals surface area contributed by atoms with Gasteiger partial charge in [0.2, 0.25) is 0 Å². The van der Waals surface area contributed by atoms with Gasteiger partial charge in [-0.1, -0.05) is 11.6 Å². The Morgan fingerprint density at radius 1 is 1.14 bits per heavy atom. The fourth-order valence-corrected chi connectivity index (χ4v) is 2.67. The Hall–Kier alpha value is -1.95. The van der Waals surface area contributed by atoms with Crippen molar-refractivity contribution >= 4 is 17.4 Å². The van der Waals surface area contributed by atoms with Crippen LogP contribution in [0.25, 0.3) is 0 Å². The highest BCUT2D eigenvalue weighted by Crippen LogP contribution is 2.21. The molecule has 0 unspecified atom stereocenters. The van der Waals surface area contributed by atoms with Crippen molar-refractivity contribution in [1.82, 2.24) is 19.9 Å². The molecule has 1 fully saturated rings. The summed E-state index contributed by atoms with van der Waals surface area (Å²) in [5, 5.41) is 0.511. The summed E-state index contributed by atoms with van der Waals surface area (Å²) in [4.78, 5) is 19.2. The minimum absolute atomic E-state index is 0.126. The topological polar surface area (TPSA) is 64.0 Å². The summed E-state index contributed by atoms with van der Waals surface area (Å²) < 4.78 is 5.80. The number of ether oxygens (including phenoxy) is 1. The van der Waals surface area contributed by atoms with Crippen molar-refractivity contribution in [2.75, 3.05) is 18.0 Å². The van der Waals surface area contributed by atoms with Gasteiger partial charge in [-0.25, -0.2) is 19.9 Å². The molecule has 22 heavy (non-hydrogen) atoms. The predicted octanol–water partition coefficient (Wildman–Crippen LogP) is 2.58. The summed E-state index contributed by atoms with van der Waals surface area (Å²) in [5.74, 6) is 1.80. The van der Waals surface area contributed by atoms with Crippen LogP contribution in [0.4, 0.5) is 5.82 Å². The van der Waals surface area contributed by atoms with E-state index in [2.05, 4.69) is 24.8 Å². The van der Waals surface area contributed by atoms with Gasteiger partial charge >= 0.3 is 6.01 Å². The smallest absolute Gasteiger partial charge is 0.316 e. The van der Waals surface area contributed by atoms with E-state index in [1.165, 1.54) is 0 Å². The van der Waals surface area contributed by atoms with Gasteiger partial charge in [-0.05, 0) is 13.8 Å². The number of rotatable bonds is 3. The standard InChI is InChI=1S/C15H18ClN5O/c1-10-7-14(20-11(2)19-10)21-5-3-13(4-6-21)22-15-17-8-12(16)9-18-15/h7-9,13H,3-6H2,1-2H3. The first kappa shape index (κ1) is 15.0. The van der Waals surface area contributed by atoms with Crippen LogP contribution in [0, 0.1) is 13.8 Å².